The van der Waals surface area contributed by atoms with E-state index in [1.54, 1.807) is 29.2 Å². The number of ether oxygens (including phenoxy) is 1. The summed E-state index contributed by atoms with van der Waals surface area (Å²) in [6, 6.07) is 15.7. The number of carbonyl (C=O) groups is 2. The van der Waals surface area contributed by atoms with Crippen LogP contribution in [0.25, 0.3) is 5.76 Å². The van der Waals surface area contributed by atoms with Crippen molar-refractivity contribution < 1.29 is 19.4 Å². The first-order chi connectivity index (χ1) is 15.4. The van der Waals surface area contributed by atoms with E-state index in [4.69, 9.17) is 4.74 Å². The molecule has 1 heterocycles. The zero-order valence-corrected chi connectivity index (χ0v) is 19.1. The number of carbonyl (C=O) groups excluding carboxylic acids is 2. The second-order valence-corrected chi connectivity index (χ2v) is 8.29. The molecule has 0 bridgehead atoms. The van der Waals surface area contributed by atoms with Gasteiger partial charge in [0.05, 0.1) is 18.2 Å². The topological polar surface area (TPSA) is 70.1 Å². The molecule has 6 heteroatoms. The molecule has 1 N–H and O–H groups in total. The minimum atomic E-state index is -0.660. The molecule has 0 aromatic heterocycles. The Labute approximate surface area is 190 Å². The van der Waals surface area contributed by atoms with Crippen molar-refractivity contribution >= 4 is 17.4 Å². The number of likely N-dealkylation sites (tertiary alicyclic amines) is 1. The fourth-order valence-corrected chi connectivity index (χ4v) is 3.87. The highest BCUT2D eigenvalue weighted by Gasteiger charge is 2.45. The lowest BCUT2D eigenvalue weighted by Gasteiger charge is -2.26. The number of hydrogen-bond donors (Lipinski definition) is 1. The summed E-state index contributed by atoms with van der Waals surface area (Å²) < 4.78 is 5.85. The molecule has 3 rings (SSSR count). The van der Waals surface area contributed by atoms with Crippen LogP contribution in [0.5, 0.6) is 5.75 Å². The molecule has 1 aliphatic rings. The second kappa shape index (κ2) is 11.0. The van der Waals surface area contributed by atoms with Crippen LogP contribution in [0.15, 0.2) is 60.2 Å². The number of hydrogen-bond acceptors (Lipinski definition) is 5. The maximum Gasteiger partial charge on any atom is 0.295 e. The third kappa shape index (κ3) is 5.37. The molecule has 0 aliphatic carbocycles. The molecule has 1 fully saturated rings. The van der Waals surface area contributed by atoms with Crippen molar-refractivity contribution in [2.45, 2.75) is 32.2 Å². The molecular weight excluding hydrogens is 404 g/mol. The van der Waals surface area contributed by atoms with Gasteiger partial charge in [0.15, 0.2) is 0 Å². The van der Waals surface area contributed by atoms with Gasteiger partial charge < -0.3 is 19.6 Å². The van der Waals surface area contributed by atoms with Crippen molar-refractivity contribution in [1.82, 2.24) is 9.80 Å². The van der Waals surface area contributed by atoms with Crippen molar-refractivity contribution in [2.24, 2.45) is 0 Å². The summed E-state index contributed by atoms with van der Waals surface area (Å²) in [6.45, 7) is 3.91. The van der Waals surface area contributed by atoms with Crippen LogP contribution in [-0.4, -0.2) is 60.4 Å². The van der Waals surface area contributed by atoms with E-state index in [1.807, 2.05) is 49.3 Å². The summed E-state index contributed by atoms with van der Waals surface area (Å²) in [6.07, 6.45) is 2.69. The summed E-state index contributed by atoms with van der Waals surface area (Å²) >= 11 is 0. The highest BCUT2D eigenvalue weighted by molar-refractivity contribution is 6.46. The zero-order valence-electron chi connectivity index (χ0n) is 19.1. The lowest BCUT2D eigenvalue weighted by molar-refractivity contribution is -0.139. The van der Waals surface area contributed by atoms with Gasteiger partial charge in [0, 0.05) is 12.1 Å². The van der Waals surface area contributed by atoms with Gasteiger partial charge in [0.2, 0.25) is 0 Å². The van der Waals surface area contributed by atoms with Crippen molar-refractivity contribution in [3.63, 3.8) is 0 Å². The van der Waals surface area contributed by atoms with Crippen LogP contribution in [0.1, 0.15) is 43.4 Å². The maximum absolute atomic E-state index is 13.1. The van der Waals surface area contributed by atoms with Crippen LogP contribution in [-0.2, 0) is 9.59 Å². The molecule has 2 aromatic rings. The Morgan fingerprint density at radius 3 is 2.50 bits per heavy atom. The molecule has 0 radical (unpaired) electrons. The summed E-state index contributed by atoms with van der Waals surface area (Å²) in [4.78, 5) is 29.7. The number of aliphatic hydroxyl groups is 1. The van der Waals surface area contributed by atoms with Crippen molar-refractivity contribution in [3.05, 3.63) is 71.3 Å². The molecule has 1 aliphatic heterocycles. The number of aliphatic hydroxyl groups excluding tert-OH is 1. The summed E-state index contributed by atoms with van der Waals surface area (Å²) in [7, 11) is 3.94. The number of unbranched alkanes of at least 4 members (excludes halogenated alkanes) is 1. The van der Waals surface area contributed by atoms with E-state index < -0.39 is 17.7 Å². The fraction of sp³-hybridized carbons (Fsp3) is 0.385. The fourth-order valence-electron chi connectivity index (χ4n) is 3.87. The first kappa shape index (κ1) is 23.5. The van der Waals surface area contributed by atoms with Gasteiger partial charge in [-0.3, -0.25) is 9.59 Å². The van der Waals surface area contributed by atoms with E-state index in [1.165, 1.54) is 0 Å². The third-order valence-corrected chi connectivity index (χ3v) is 5.53. The van der Waals surface area contributed by atoms with E-state index in [9.17, 15) is 14.7 Å². The summed E-state index contributed by atoms with van der Waals surface area (Å²) in [5.41, 5.74) is 1.39. The average molecular weight is 437 g/mol. The SMILES string of the molecule is CCCCOc1cccc(C2C(=C(O)c3ccccc3)C(=O)C(=O)N2CCCN(C)C)c1. The van der Waals surface area contributed by atoms with E-state index >= 15 is 0 Å². The quantitative estimate of drug-likeness (QED) is 0.261. The number of nitrogens with zero attached hydrogens (tertiary/aromatic N) is 2. The van der Waals surface area contributed by atoms with Gasteiger partial charge >= 0.3 is 0 Å². The molecule has 1 amide bonds. The highest BCUT2D eigenvalue weighted by atomic mass is 16.5. The molecule has 1 unspecified atom stereocenters. The predicted molar refractivity (Wildman–Crippen MR) is 125 cm³/mol. The lowest BCUT2D eigenvalue weighted by Crippen LogP contribution is -2.32. The Balaban J connectivity index is 2.03. The number of Topliss-reactive ketones (excluding diaryl/α,β-unsaturated/α-hetero) is 1. The van der Waals surface area contributed by atoms with Crippen LogP contribution in [0, 0.1) is 0 Å². The monoisotopic (exact) mass is 436 g/mol. The van der Waals surface area contributed by atoms with Gasteiger partial charge in [0.1, 0.15) is 11.5 Å². The molecule has 1 saturated heterocycles. The average Bonchev–Trinajstić information content (AvgIpc) is 3.04. The van der Waals surface area contributed by atoms with Gasteiger partial charge in [-0.25, -0.2) is 0 Å². The molecule has 32 heavy (non-hydrogen) atoms. The first-order valence-electron chi connectivity index (χ1n) is 11.1. The largest absolute Gasteiger partial charge is 0.507 e. The summed E-state index contributed by atoms with van der Waals surface area (Å²) in [5.74, 6) is -0.696. The Hall–Kier alpha value is -3.12. The van der Waals surface area contributed by atoms with Gasteiger partial charge in [-0.1, -0.05) is 55.8 Å². The van der Waals surface area contributed by atoms with Gasteiger partial charge in [-0.2, -0.15) is 0 Å². The maximum atomic E-state index is 13.1. The third-order valence-electron chi connectivity index (χ3n) is 5.53. The molecule has 0 saturated carbocycles. The summed E-state index contributed by atoms with van der Waals surface area (Å²) in [5, 5.41) is 11.1. The second-order valence-electron chi connectivity index (χ2n) is 8.29. The Morgan fingerprint density at radius 2 is 1.81 bits per heavy atom. The van der Waals surface area contributed by atoms with Gasteiger partial charge in [0.25, 0.3) is 11.7 Å². The van der Waals surface area contributed by atoms with E-state index in [2.05, 4.69) is 6.92 Å². The van der Waals surface area contributed by atoms with Crippen molar-refractivity contribution in [2.75, 3.05) is 33.8 Å². The van der Waals surface area contributed by atoms with Crippen LogP contribution in [0.4, 0.5) is 0 Å². The van der Waals surface area contributed by atoms with Crippen LogP contribution >= 0.6 is 0 Å². The molecule has 170 valence electrons. The van der Waals surface area contributed by atoms with E-state index in [0.717, 1.165) is 24.9 Å². The van der Waals surface area contributed by atoms with Crippen molar-refractivity contribution in [3.8, 4) is 5.75 Å². The molecule has 1 atom stereocenters. The zero-order chi connectivity index (χ0) is 23.1. The van der Waals surface area contributed by atoms with Crippen LogP contribution in [0.2, 0.25) is 0 Å². The number of benzene rings is 2. The van der Waals surface area contributed by atoms with Crippen LogP contribution < -0.4 is 4.74 Å². The first-order valence-corrected chi connectivity index (χ1v) is 11.1. The number of rotatable bonds is 10. The highest BCUT2D eigenvalue weighted by Crippen LogP contribution is 2.40. The van der Waals surface area contributed by atoms with Crippen LogP contribution in [0.3, 0.4) is 0 Å². The Morgan fingerprint density at radius 1 is 1.06 bits per heavy atom. The minimum absolute atomic E-state index is 0.122. The molecule has 0 spiro atoms. The lowest BCUT2D eigenvalue weighted by atomic mass is 9.95. The minimum Gasteiger partial charge on any atom is -0.507 e. The Kier molecular flexibility index (Phi) is 8.06. The van der Waals surface area contributed by atoms with Gasteiger partial charge in [-0.15, -0.1) is 0 Å². The number of ketones is 1. The molecular formula is C26H32N2O4. The normalized spacial score (nSPS) is 17.9. The Bertz CT molecular complexity index is 969. The number of amides is 1. The predicted octanol–water partition coefficient (Wildman–Crippen LogP) is 4.24. The standard InChI is InChI=1S/C26H32N2O4/c1-4-5-17-32-21-14-9-13-20(18-21)23-22(24(29)19-11-7-6-8-12-19)25(30)26(31)28(23)16-10-15-27(2)3/h6-9,11-14,18,23,29H,4-5,10,15-17H2,1-3H3. The van der Waals surface area contributed by atoms with Crippen molar-refractivity contribution in [1.29, 1.82) is 0 Å². The van der Waals surface area contributed by atoms with E-state index in [-0.39, 0.29) is 11.3 Å². The smallest absolute Gasteiger partial charge is 0.295 e. The van der Waals surface area contributed by atoms with E-state index in [0.29, 0.717) is 30.9 Å². The molecule has 6 nitrogen and oxygen atoms in total. The molecule has 2 aromatic carbocycles. The van der Waals surface area contributed by atoms with Gasteiger partial charge in [-0.05, 0) is 51.2 Å².